The summed E-state index contributed by atoms with van der Waals surface area (Å²) in [6.45, 7) is 5.74. The molecule has 0 spiro atoms. The monoisotopic (exact) mass is 493 g/mol. The molecule has 1 aromatic heterocycles. The molecule has 4 aliphatic rings. The molecule has 0 N–H and O–H groups in total. The van der Waals surface area contributed by atoms with E-state index in [1.165, 1.54) is 6.42 Å². The fraction of sp³-hybridized carbons (Fsp3) is 0.519. The number of anilines is 2. The van der Waals surface area contributed by atoms with E-state index in [2.05, 4.69) is 14.7 Å². The van der Waals surface area contributed by atoms with Gasteiger partial charge >= 0.3 is 0 Å². The van der Waals surface area contributed by atoms with Crippen molar-refractivity contribution in [3.8, 4) is 0 Å². The third-order valence-corrected chi connectivity index (χ3v) is 8.51. The van der Waals surface area contributed by atoms with Crippen LogP contribution >= 0.6 is 11.6 Å². The van der Waals surface area contributed by atoms with Crippen LogP contribution in [0.4, 0.5) is 11.5 Å². The summed E-state index contributed by atoms with van der Waals surface area (Å²) >= 11 is 6.01. The Morgan fingerprint density at radius 2 is 1.74 bits per heavy atom. The first-order valence-corrected chi connectivity index (χ1v) is 13.2. The zero-order valence-corrected chi connectivity index (χ0v) is 20.7. The summed E-state index contributed by atoms with van der Waals surface area (Å²) in [6, 6.07) is 12.2. The van der Waals surface area contributed by atoms with E-state index < -0.39 is 0 Å². The highest BCUT2D eigenvalue weighted by Crippen LogP contribution is 2.38. The molecule has 1 aromatic carbocycles. The number of hydrogen-bond donors (Lipinski definition) is 0. The summed E-state index contributed by atoms with van der Waals surface area (Å²) < 4.78 is 0. The number of piperidine rings is 3. The number of piperazine rings is 1. The molecule has 184 valence electrons. The van der Waals surface area contributed by atoms with E-state index in [9.17, 15) is 9.59 Å². The lowest BCUT2D eigenvalue weighted by Gasteiger charge is -2.52. The number of carbonyl (C=O) groups is 2. The van der Waals surface area contributed by atoms with E-state index in [4.69, 9.17) is 16.6 Å². The first-order valence-electron chi connectivity index (χ1n) is 12.9. The fourth-order valence-corrected chi connectivity index (χ4v) is 6.62. The Kier molecular flexibility index (Phi) is 6.04. The average Bonchev–Trinajstić information content (AvgIpc) is 2.89. The second kappa shape index (κ2) is 9.34. The van der Waals surface area contributed by atoms with Crippen LogP contribution in [0.2, 0.25) is 5.02 Å². The van der Waals surface area contributed by atoms with Gasteiger partial charge in [-0.05, 0) is 67.5 Å². The Bertz CT molecular complexity index is 1080. The van der Waals surface area contributed by atoms with E-state index in [-0.39, 0.29) is 5.91 Å². The van der Waals surface area contributed by atoms with Gasteiger partial charge in [0.2, 0.25) is 5.91 Å². The second-order valence-electron chi connectivity index (χ2n) is 10.4. The minimum atomic E-state index is 0.0479. The average molecular weight is 494 g/mol. The Morgan fingerprint density at radius 1 is 0.943 bits per heavy atom. The lowest BCUT2D eigenvalue weighted by Crippen LogP contribution is -2.60. The molecule has 5 heterocycles. The number of hydrogen-bond acceptors (Lipinski definition) is 5. The molecule has 0 radical (unpaired) electrons. The molecule has 4 fully saturated rings. The molecule has 4 saturated heterocycles. The van der Waals surface area contributed by atoms with Gasteiger partial charge in [-0.1, -0.05) is 11.6 Å². The van der Waals surface area contributed by atoms with Crippen LogP contribution in [0.15, 0.2) is 42.6 Å². The third kappa shape index (κ3) is 4.46. The lowest BCUT2D eigenvalue weighted by atomic mass is 9.76. The van der Waals surface area contributed by atoms with Crippen LogP contribution in [-0.4, -0.2) is 78.5 Å². The van der Waals surface area contributed by atoms with Gasteiger partial charge in [-0.3, -0.25) is 9.59 Å². The minimum Gasteiger partial charge on any atom is -0.368 e. The predicted octanol–water partition coefficient (Wildman–Crippen LogP) is 3.53. The number of benzene rings is 1. The number of carbonyl (C=O) groups excluding carboxylic acids is 2. The van der Waals surface area contributed by atoms with Crippen molar-refractivity contribution in [3.63, 3.8) is 0 Å². The van der Waals surface area contributed by atoms with Crippen molar-refractivity contribution in [1.82, 2.24) is 14.8 Å². The number of nitrogens with zero attached hydrogens (tertiary/aromatic N) is 5. The van der Waals surface area contributed by atoms with Gasteiger partial charge < -0.3 is 19.6 Å². The van der Waals surface area contributed by atoms with E-state index in [0.717, 1.165) is 62.1 Å². The molecule has 2 aromatic rings. The van der Waals surface area contributed by atoms with Crippen LogP contribution < -0.4 is 9.80 Å². The van der Waals surface area contributed by atoms with Gasteiger partial charge in [-0.15, -0.1) is 0 Å². The number of pyridine rings is 1. The maximum Gasteiger partial charge on any atom is 0.255 e. The Balaban J connectivity index is 1.07. The molecule has 8 heteroatoms. The quantitative estimate of drug-likeness (QED) is 0.654. The highest BCUT2D eigenvalue weighted by molar-refractivity contribution is 6.30. The predicted molar refractivity (Wildman–Crippen MR) is 137 cm³/mol. The number of halogens is 1. The molecular weight excluding hydrogens is 462 g/mol. The van der Waals surface area contributed by atoms with Crippen LogP contribution in [0.25, 0.3) is 0 Å². The van der Waals surface area contributed by atoms with Gasteiger partial charge in [0.15, 0.2) is 0 Å². The van der Waals surface area contributed by atoms with Crippen molar-refractivity contribution >= 4 is 34.9 Å². The lowest BCUT2D eigenvalue weighted by molar-refractivity contribution is -0.142. The smallest absolute Gasteiger partial charge is 0.255 e. The van der Waals surface area contributed by atoms with E-state index in [0.29, 0.717) is 48.9 Å². The van der Waals surface area contributed by atoms with Crippen molar-refractivity contribution in [2.24, 2.45) is 11.8 Å². The summed E-state index contributed by atoms with van der Waals surface area (Å²) in [7, 11) is 0. The number of amides is 2. The minimum absolute atomic E-state index is 0.0479. The standard InChI is InChI=1S/C27H32ClN5O2/c28-22-5-7-23(8-6-22)30-10-12-31(13-11-30)27(35)20-4-9-25(29-15-20)32-16-19-14-21(18-32)24-2-1-3-26(34)33(24)17-19/h4-9,15,19,21,24H,1-3,10-14,16-18H2/t19?,21?,24-/m1/s1. The normalized spacial score (nSPS) is 26.5. The molecule has 6 rings (SSSR count). The number of fused-ring (bicyclic) bond motifs is 4. The third-order valence-electron chi connectivity index (χ3n) is 8.26. The van der Waals surface area contributed by atoms with Crippen molar-refractivity contribution in [1.29, 1.82) is 0 Å². The van der Waals surface area contributed by atoms with Gasteiger partial charge in [0.1, 0.15) is 5.82 Å². The number of aromatic nitrogens is 1. The van der Waals surface area contributed by atoms with Gasteiger partial charge in [-0.2, -0.15) is 0 Å². The van der Waals surface area contributed by atoms with Crippen LogP contribution in [0.1, 0.15) is 36.0 Å². The van der Waals surface area contributed by atoms with Crippen molar-refractivity contribution in [2.75, 3.05) is 55.6 Å². The highest BCUT2D eigenvalue weighted by atomic mass is 35.5. The molecule has 0 saturated carbocycles. The fourth-order valence-electron chi connectivity index (χ4n) is 6.50. The van der Waals surface area contributed by atoms with Gasteiger partial charge in [0, 0.05) is 75.2 Å². The van der Waals surface area contributed by atoms with Crippen LogP contribution in [0.5, 0.6) is 0 Å². The van der Waals surface area contributed by atoms with E-state index in [1.54, 1.807) is 6.20 Å². The zero-order chi connectivity index (χ0) is 23.9. The maximum absolute atomic E-state index is 13.1. The first kappa shape index (κ1) is 22.7. The van der Waals surface area contributed by atoms with Gasteiger partial charge in [0.05, 0.1) is 5.56 Å². The SMILES string of the molecule is O=C(c1ccc(N2CC3CC(C2)[C@H]2CCCC(=O)N2C3)nc1)N1CCN(c2ccc(Cl)cc2)CC1. The van der Waals surface area contributed by atoms with Crippen LogP contribution in [0.3, 0.4) is 0 Å². The zero-order valence-electron chi connectivity index (χ0n) is 20.0. The summed E-state index contributed by atoms with van der Waals surface area (Å²) in [5.74, 6) is 2.37. The van der Waals surface area contributed by atoms with Crippen molar-refractivity contribution < 1.29 is 9.59 Å². The summed E-state index contributed by atoms with van der Waals surface area (Å²) in [4.78, 5) is 39.0. The van der Waals surface area contributed by atoms with Crippen LogP contribution in [0, 0.1) is 11.8 Å². The number of rotatable bonds is 3. The molecule has 2 bridgehead atoms. The van der Waals surface area contributed by atoms with E-state index >= 15 is 0 Å². The molecule has 35 heavy (non-hydrogen) atoms. The van der Waals surface area contributed by atoms with E-state index in [1.807, 2.05) is 41.3 Å². The molecule has 7 nitrogen and oxygen atoms in total. The maximum atomic E-state index is 13.1. The van der Waals surface area contributed by atoms with Crippen molar-refractivity contribution in [2.45, 2.75) is 31.7 Å². The Labute approximate surface area is 211 Å². The topological polar surface area (TPSA) is 60.0 Å². The molecular formula is C27H32ClN5O2. The van der Waals surface area contributed by atoms with Crippen LogP contribution in [-0.2, 0) is 4.79 Å². The Morgan fingerprint density at radius 3 is 2.49 bits per heavy atom. The van der Waals surface area contributed by atoms with Crippen molar-refractivity contribution in [3.05, 3.63) is 53.2 Å². The Hall–Kier alpha value is -2.80. The molecule has 2 unspecified atom stereocenters. The summed E-state index contributed by atoms with van der Waals surface area (Å²) in [5.41, 5.74) is 1.79. The summed E-state index contributed by atoms with van der Waals surface area (Å²) in [6.07, 6.45) is 5.81. The molecule has 0 aliphatic carbocycles. The molecule has 3 atom stereocenters. The highest BCUT2D eigenvalue weighted by Gasteiger charge is 2.44. The first-order chi connectivity index (χ1) is 17.0. The van der Waals surface area contributed by atoms with Gasteiger partial charge in [-0.25, -0.2) is 4.98 Å². The van der Waals surface area contributed by atoms with Gasteiger partial charge in [0.25, 0.3) is 5.91 Å². The molecule has 4 aliphatic heterocycles. The largest absolute Gasteiger partial charge is 0.368 e. The second-order valence-corrected chi connectivity index (χ2v) is 10.9. The summed E-state index contributed by atoms with van der Waals surface area (Å²) in [5, 5.41) is 0.734. The molecule has 2 amide bonds.